The van der Waals surface area contributed by atoms with Gasteiger partial charge in [0.1, 0.15) is 24.2 Å². The van der Waals surface area contributed by atoms with E-state index in [0.717, 1.165) is 31.0 Å². The number of nitrogens with one attached hydrogen (secondary N) is 1. The predicted molar refractivity (Wildman–Crippen MR) is 79.1 cm³/mol. The zero-order valence-corrected chi connectivity index (χ0v) is 11.4. The van der Waals surface area contributed by atoms with Crippen molar-refractivity contribution in [1.29, 1.82) is 0 Å². The molecule has 0 aromatic heterocycles. The van der Waals surface area contributed by atoms with Gasteiger partial charge in [0.15, 0.2) is 0 Å². The molecule has 20 heavy (non-hydrogen) atoms. The van der Waals surface area contributed by atoms with Crippen molar-refractivity contribution >= 4 is 0 Å². The molecule has 1 N–H and O–H groups in total. The standard InChI is InChI=1S/C17H19NO2/c1-2-4-14(5-3-1)13-19-15-6-8-16(9-7-15)20-17-10-11-18-12-17/h1-9,17-18H,10-13H2/t17-/m0/s1. The molecule has 1 aliphatic rings. The first-order chi connectivity index (χ1) is 9.90. The average Bonchev–Trinajstić information content (AvgIpc) is 3.01. The highest BCUT2D eigenvalue weighted by Gasteiger charge is 2.15. The van der Waals surface area contributed by atoms with E-state index in [4.69, 9.17) is 9.47 Å². The largest absolute Gasteiger partial charge is 0.489 e. The van der Waals surface area contributed by atoms with Crippen LogP contribution in [-0.2, 0) is 6.61 Å². The Morgan fingerprint density at radius 1 is 0.950 bits per heavy atom. The SMILES string of the molecule is c1ccc(COc2ccc(O[C@H]3CCNC3)cc2)cc1. The van der Waals surface area contributed by atoms with E-state index in [2.05, 4.69) is 17.4 Å². The summed E-state index contributed by atoms with van der Waals surface area (Å²) in [6, 6.07) is 18.0. The van der Waals surface area contributed by atoms with Crippen LogP contribution in [0.2, 0.25) is 0 Å². The Labute approximate surface area is 119 Å². The Bertz CT molecular complexity index is 518. The molecule has 0 spiro atoms. The molecular weight excluding hydrogens is 250 g/mol. The quantitative estimate of drug-likeness (QED) is 0.905. The average molecular weight is 269 g/mol. The summed E-state index contributed by atoms with van der Waals surface area (Å²) in [7, 11) is 0. The van der Waals surface area contributed by atoms with Gasteiger partial charge in [0.05, 0.1) is 0 Å². The minimum atomic E-state index is 0.297. The smallest absolute Gasteiger partial charge is 0.120 e. The zero-order chi connectivity index (χ0) is 13.6. The van der Waals surface area contributed by atoms with Gasteiger partial charge in [0.2, 0.25) is 0 Å². The van der Waals surface area contributed by atoms with Crippen molar-refractivity contribution < 1.29 is 9.47 Å². The summed E-state index contributed by atoms with van der Waals surface area (Å²) >= 11 is 0. The molecule has 1 atom stereocenters. The Morgan fingerprint density at radius 3 is 2.40 bits per heavy atom. The van der Waals surface area contributed by atoms with Crippen LogP contribution in [0.4, 0.5) is 0 Å². The summed E-state index contributed by atoms with van der Waals surface area (Å²) in [6.45, 7) is 2.57. The van der Waals surface area contributed by atoms with Gasteiger partial charge in [-0.2, -0.15) is 0 Å². The minimum Gasteiger partial charge on any atom is -0.489 e. The molecular formula is C17H19NO2. The number of rotatable bonds is 5. The van der Waals surface area contributed by atoms with Crippen LogP contribution in [-0.4, -0.2) is 19.2 Å². The molecule has 0 saturated carbocycles. The van der Waals surface area contributed by atoms with E-state index in [-0.39, 0.29) is 0 Å². The molecule has 3 heteroatoms. The van der Waals surface area contributed by atoms with Gasteiger partial charge in [-0.25, -0.2) is 0 Å². The Morgan fingerprint density at radius 2 is 1.70 bits per heavy atom. The van der Waals surface area contributed by atoms with Crippen molar-refractivity contribution in [3.05, 3.63) is 60.2 Å². The normalized spacial score (nSPS) is 17.9. The van der Waals surface area contributed by atoms with Crippen molar-refractivity contribution in [3.8, 4) is 11.5 Å². The Balaban J connectivity index is 1.53. The molecule has 1 heterocycles. The topological polar surface area (TPSA) is 30.5 Å². The maximum atomic E-state index is 5.88. The van der Waals surface area contributed by atoms with Crippen molar-refractivity contribution in [1.82, 2.24) is 5.32 Å². The molecule has 0 amide bonds. The van der Waals surface area contributed by atoms with E-state index < -0.39 is 0 Å². The van der Waals surface area contributed by atoms with Crippen LogP contribution in [0.25, 0.3) is 0 Å². The first-order valence-corrected chi connectivity index (χ1v) is 7.04. The van der Waals surface area contributed by atoms with Crippen LogP contribution >= 0.6 is 0 Å². The van der Waals surface area contributed by atoms with Gasteiger partial charge < -0.3 is 14.8 Å². The fraction of sp³-hybridized carbons (Fsp3) is 0.294. The minimum absolute atomic E-state index is 0.297. The van der Waals surface area contributed by atoms with Crippen molar-refractivity contribution in [3.63, 3.8) is 0 Å². The second-order valence-corrected chi connectivity index (χ2v) is 4.98. The van der Waals surface area contributed by atoms with Crippen LogP contribution in [0.15, 0.2) is 54.6 Å². The fourth-order valence-corrected chi connectivity index (χ4v) is 2.28. The van der Waals surface area contributed by atoms with Gasteiger partial charge in [-0.3, -0.25) is 0 Å². The number of ether oxygens (including phenoxy) is 2. The van der Waals surface area contributed by atoms with E-state index in [9.17, 15) is 0 Å². The first-order valence-electron chi connectivity index (χ1n) is 7.04. The second kappa shape index (κ2) is 6.44. The molecule has 0 unspecified atom stereocenters. The lowest BCUT2D eigenvalue weighted by atomic mass is 10.2. The molecule has 1 fully saturated rings. The van der Waals surface area contributed by atoms with Crippen LogP contribution in [0.5, 0.6) is 11.5 Å². The molecule has 2 aromatic carbocycles. The van der Waals surface area contributed by atoms with Gasteiger partial charge in [0, 0.05) is 6.54 Å². The van der Waals surface area contributed by atoms with Crippen LogP contribution < -0.4 is 14.8 Å². The molecule has 0 bridgehead atoms. The molecule has 3 nitrogen and oxygen atoms in total. The Kier molecular flexibility index (Phi) is 4.19. The summed E-state index contributed by atoms with van der Waals surface area (Å²) in [5, 5.41) is 3.29. The highest BCUT2D eigenvalue weighted by atomic mass is 16.5. The summed E-state index contributed by atoms with van der Waals surface area (Å²) in [5.41, 5.74) is 1.17. The summed E-state index contributed by atoms with van der Waals surface area (Å²) in [4.78, 5) is 0. The lowest BCUT2D eigenvalue weighted by Gasteiger charge is -2.13. The third kappa shape index (κ3) is 3.52. The number of benzene rings is 2. The fourth-order valence-electron chi connectivity index (χ4n) is 2.28. The van der Waals surface area contributed by atoms with E-state index in [1.165, 1.54) is 5.56 Å². The highest BCUT2D eigenvalue weighted by Crippen LogP contribution is 2.20. The summed E-state index contributed by atoms with van der Waals surface area (Å²) in [5.74, 6) is 1.77. The zero-order valence-electron chi connectivity index (χ0n) is 11.4. The van der Waals surface area contributed by atoms with Crippen molar-refractivity contribution in [2.45, 2.75) is 19.1 Å². The molecule has 1 aliphatic heterocycles. The van der Waals surface area contributed by atoms with E-state index >= 15 is 0 Å². The van der Waals surface area contributed by atoms with Gasteiger partial charge in [0.25, 0.3) is 0 Å². The van der Waals surface area contributed by atoms with Gasteiger partial charge in [-0.1, -0.05) is 30.3 Å². The van der Waals surface area contributed by atoms with Crippen LogP contribution in [0.3, 0.4) is 0 Å². The molecule has 104 valence electrons. The van der Waals surface area contributed by atoms with Gasteiger partial charge in [-0.05, 0) is 42.8 Å². The summed E-state index contributed by atoms with van der Waals surface area (Å²) < 4.78 is 11.6. The van der Waals surface area contributed by atoms with Gasteiger partial charge in [-0.15, -0.1) is 0 Å². The van der Waals surface area contributed by atoms with Crippen molar-refractivity contribution in [2.24, 2.45) is 0 Å². The van der Waals surface area contributed by atoms with E-state index in [1.54, 1.807) is 0 Å². The number of hydrogen-bond acceptors (Lipinski definition) is 3. The third-order valence-corrected chi connectivity index (χ3v) is 3.39. The lowest BCUT2D eigenvalue weighted by Crippen LogP contribution is -2.19. The third-order valence-electron chi connectivity index (χ3n) is 3.39. The maximum Gasteiger partial charge on any atom is 0.120 e. The van der Waals surface area contributed by atoms with Crippen LogP contribution in [0.1, 0.15) is 12.0 Å². The van der Waals surface area contributed by atoms with Gasteiger partial charge >= 0.3 is 0 Å². The Hall–Kier alpha value is -2.00. The highest BCUT2D eigenvalue weighted by molar-refractivity contribution is 5.31. The van der Waals surface area contributed by atoms with E-state index in [0.29, 0.717) is 12.7 Å². The second-order valence-electron chi connectivity index (χ2n) is 4.98. The molecule has 0 aliphatic carbocycles. The molecule has 0 radical (unpaired) electrons. The molecule has 2 aromatic rings. The van der Waals surface area contributed by atoms with E-state index in [1.807, 2.05) is 42.5 Å². The summed E-state index contributed by atoms with van der Waals surface area (Å²) in [6.07, 6.45) is 1.37. The maximum absolute atomic E-state index is 5.88. The first kappa shape index (κ1) is 13.0. The molecule has 3 rings (SSSR count). The lowest BCUT2D eigenvalue weighted by molar-refractivity contribution is 0.222. The van der Waals surface area contributed by atoms with Crippen LogP contribution in [0, 0.1) is 0 Å². The predicted octanol–water partition coefficient (Wildman–Crippen LogP) is 3.01. The molecule has 1 saturated heterocycles. The monoisotopic (exact) mass is 269 g/mol. The number of hydrogen-bond donors (Lipinski definition) is 1. The van der Waals surface area contributed by atoms with Crippen molar-refractivity contribution in [2.75, 3.05) is 13.1 Å².